The Morgan fingerprint density at radius 2 is 0.755 bits per heavy atom. The number of hydrogen-bond acceptors (Lipinski definition) is 7. The molecule has 0 saturated carbocycles. The molecule has 49 heavy (non-hydrogen) atoms. The van der Waals surface area contributed by atoms with Crippen molar-refractivity contribution in [1.29, 1.82) is 0 Å². The van der Waals surface area contributed by atoms with E-state index in [1.54, 1.807) is 12.4 Å². The van der Waals surface area contributed by atoms with Crippen molar-refractivity contribution in [2.45, 2.75) is 0 Å². The fraction of sp³-hybridized carbons (Fsp3) is 0. The van der Waals surface area contributed by atoms with E-state index in [2.05, 4.69) is 46.4 Å². The molecule has 0 fully saturated rings. The molecule has 0 N–H and O–H groups in total. The molecule has 7 nitrogen and oxygen atoms in total. The van der Waals surface area contributed by atoms with Crippen molar-refractivity contribution in [3.05, 3.63) is 158 Å². The van der Waals surface area contributed by atoms with E-state index in [4.69, 9.17) is 24.4 Å². The Hall–Kier alpha value is -6.86. The molecule has 0 aliphatic rings. The smallest absolute Gasteiger partial charge is 0.160 e. The predicted molar refractivity (Wildman–Crippen MR) is 193 cm³/mol. The fourth-order valence-electron chi connectivity index (χ4n) is 6.01. The average molecular weight is 631 g/mol. The van der Waals surface area contributed by atoms with Crippen LogP contribution in [0.2, 0.25) is 0 Å². The SMILES string of the molecule is c1ccc(-c2cc(-c3ccccn3)nc(-c3ccc4oc5ccc(-c6nc(-c7ccccc7)cc(-c7ccccn7)n6)cc5c4c3)n2)cc1. The number of furan rings is 1. The van der Waals surface area contributed by atoms with Gasteiger partial charge in [0.15, 0.2) is 11.6 Å². The molecule has 0 amide bonds. The van der Waals surface area contributed by atoms with Gasteiger partial charge in [-0.25, -0.2) is 19.9 Å². The monoisotopic (exact) mass is 630 g/mol. The number of fused-ring (bicyclic) bond motifs is 3. The minimum Gasteiger partial charge on any atom is -0.456 e. The quantitative estimate of drug-likeness (QED) is 0.181. The van der Waals surface area contributed by atoms with Gasteiger partial charge < -0.3 is 4.42 Å². The van der Waals surface area contributed by atoms with Crippen molar-refractivity contribution in [3.63, 3.8) is 0 Å². The second-order valence-corrected chi connectivity index (χ2v) is 11.6. The van der Waals surface area contributed by atoms with E-state index in [0.717, 1.165) is 78.4 Å². The lowest BCUT2D eigenvalue weighted by Crippen LogP contribution is -1.97. The first-order chi connectivity index (χ1) is 24.2. The molecule has 0 spiro atoms. The maximum absolute atomic E-state index is 6.30. The Bertz CT molecular complexity index is 2290. The van der Waals surface area contributed by atoms with E-state index in [1.165, 1.54) is 0 Å². The molecule has 9 rings (SSSR count). The first-order valence-corrected chi connectivity index (χ1v) is 15.9. The fourth-order valence-corrected chi connectivity index (χ4v) is 6.01. The van der Waals surface area contributed by atoms with Crippen molar-refractivity contribution < 1.29 is 4.42 Å². The Kier molecular flexibility index (Phi) is 6.98. The van der Waals surface area contributed by atoms with Gasteiger partial charge in [0.2, 0.25) is 0 Å². The summed E-state index contributed by atoms with van der Waals surface area (Å²) in [5.74, 6) is 1.21. The van der Waals surface area contributed by atoms with Gasteiger partial charge in [-0.15, -0.1) is 0 Å². The topological polar surface area (TPSA) is 90.5 Å². The molecule has 0 radical (unpaired) electrons. The molecule has 0 aliphatic heterocycles. The summed E-state index contributed by atoms with van der Waals surface area (Å²) in [6.07, 6.45) is 3.55. The van der Waals surface area contributed by atoms with Gasteiger partial charge in [0.1, 0.15) is 11.2 Å². The van der Waals surface area contributed by atoms with Gasteiger partial charge in [0, 0.05) is 45.4 Å². The molecule has 9 aromatic rings. The zero-order valence-corrected chi connectivity index (χ0v) is 26.1. The Balaban J connectivity index is 1.19. The van der Waals surface area contributed by atoms with Crippen LogP contribution in [0.25, 0.3) is 90.0 Å². The van der Waals surface area contributed by atoms with E-state index in [0.29, 0.717) is 11.6 Å². The van der Waals surface area contributed by atoms with E-state index in [9.17, 15) is 0 Å². The summed E-state index contributed by atoms with van der Waals surface area (Å²) in [5, 5.41) is 1.90. The molecule has 0 unspecified atom stereocenters. The molecule has 0 saturated heterocycles. The van der Waals surface area contributed by atoms with E-state index < -0.39 is 0 Å². The van der Waals surface area contributed by atoms with Gasteiger partial charge >= 0.3 is 0 Å². The van der Waals surface area contributed by atoms with Gasteiger partial charge in [0.05, 0.1) is 34.2 Å². The molecule has 7 heteroatoms. The largest absolute Gasteiger partial charge is 0.456 e. The van der Waals surface area contributed by atoms with Crippen molar-refractivity contribution in [2.24, 2.45) is 0 Å². The van der Waals surface area contributed by atoms with Crippen molar-refractivity contribution in [3.8, 4) is 68.1 Å². The minimum atomic E-state index is 0.605. The Morgan fingerprint density at radius 3 is 1.18 bits per heavy atom. The average Bonchev–Trinajstić information content (AvgIpc) is 3.56. The zero-order valence-electron chi connectivity index (χ0n) is 26.1. The number of hydrogen-bond donors (Lipinski definition) is 0. The van der Waals surface area contributed by atoms with Gasteiger partial charge in [0.25, 0.3) is 0 Å². The number of rotatable bonds is 6. The second-order valence-electron chi connectivity index (χ2n) is 11.6. The lowest BCUT2D eigenvalue weighted by molar-refractivity contribution is 0.669. The minimum absolute atomic E-state index is 0.605. The van der Waals surface area contributed by atoms with Crippen LogP contribution < -0.4 is 0 Å². The van der Waals surface area contributed by atoms with Crippen molar-refractivity contribution in [1.82, 2.24) is 29.9 Å². The lowest BCUT2D eigenvalue weighted by Gasteiger charge is -2.09. The maximum atomic E-state index is 6.30. The summed E-state index contributed by atoms with van der Waals surface area (Å²) in [5.41, 5.74) is 10.0. The third-order valence-electron chi connectivity index (χ3n) is 8.43. The van der Waals surface area contributed by atoms with Crippen LogP contribution in [0.3, 0.4) is 0 Å². The van der Waals surface area contributed by atoms with Crippen molar-refractivity contribution >= 4 is 21.9 Å². The Labute approximate surface area is 281 Å². The Morgan fingerprint density at radius 1 is 0.327 bits per heavy atom. The number of pyridine rings is 2. The summed E-state index contributed by atoms with van der Waals surface area (Å²) < 4.78 is 6.30. The second kappa shape index (κ2) is 12.1. The van der Waals surface area contributed by atoms with E-state index in [1.807, 2.05) is 109 Å². The highest BCUT2D eigenvalue weighted by molar-refractivity contribution is 6.07. The zero-order chi connectivity index (χ0) is 32.6. The highest BCUT2D eigenvalue weighted by atomic mass is 16.3. The summed E-state index contributed by atoms with van der Waals surface area (Å²) >= 11 is 0. The number of nitrogens with zero attached hydrogens (tertiary/aromatic N) is 6. The standard InChI is InChI=1S/C42H26N6O/c1-3-11-27(12-4-1)35-25-37(33-15-7-9-21-43-33)47-41(45-35)29-17-19-39-31(23-29)32-24-30(18-20-40(32)49-39)42-46-36(28-13-5-2-6-14-28)26-38(48-42)34-16-8-10-22-44-34/h1-26H. The molecule has 5 heterocycles. The van der Waals surface area contributed by atoms with Crippen LogP contribution in [0.5, 0.6) is 0 Å². The van der Waals surface area contributed by atoms with Gasteiger partial charge in [-0.1, -0.05) is 72.8 Å². The third kappa shape index (κ3) is 5.49. The summed E-state index contributed by atoms with van der Waals surface area (Å²) in [6.45, 7) is 0. The molecule has 0 aliphatic carbocycles. The van der Waals surface area contributed by atoms with Crippen molar-refractivity contribution in [2.75, 3.05) is 0 Å². The molecule has 0 atom stereocenters. The molecule has 4 aromatic carbocycles. The lowest BCUT2D eigenvalue weighted by atomic mass is 10.0. The molecule has 5 aromatic heterocycles. The highest BCUT2D eigenvalue weighted by Gasteiger charge is 2.16. The van der Waals surface area contributed by atoms with Crippen LogP contribution in [0.4, 0.5) is 0 Å². The normalized spacial score (nSPS) is 11.3. The molecule has 0 bridgehead atoms. The first-order valence-electron chi connectivity index (χ1n) is 15.9. The third-order valence-corrected chi connectivity index (χ3v) is 8.43. The summed E-state index contributed by atoms with van der Waals surface area (Å²) in [7, 11) is 0. The van der Waals surface area contributed by atoms with Crippen LogP contribution in [0.15, 0.2) is 162 Å². The first kappa shape index (κ1) is 28.4. The van der Waals surface area contributed by atoms with Crippen LogP contribution in [-0.2, 0) is 0 Å². The predicted octanol–water partition coefficient (Wildman–Crippen LogP) is 9.96. The number of aromatic nitrogens is 6. The van der Waals surface area contributed by atoms with Gasteiger partial charge in [-0.05, 0) is 72.8 Å². The van der Waals surface area contributed by atoms with E-state index in [-0.39, 0.29) is 0 Å². The van der Waals surface area contributed by atoms with Gasteiger partial charge in [-0.3, -0.25) is 9.97 Å². The molecular formula is C42H26N6O. The molecule has 230 valence electrons. The van der Waals surface area contributed by atoms with Crippen LogP contribution in [0, 0.1) is 0 Å². The van der Waals surface area contributed by atoms with Crippen LogP contribution >= 0.6 is 0 Å². The van der Waals surface area contributed by atoms with Crippen LogP contribution in [0.1, 0.15) is 0 Å². The summed E-state index contributed by atoms with van der Waals surface area (Å²) in [4.78, 5) is 29.1. The highest BCUT2D eigenvalue weighted by Crippen LogP contribution is 2.36. The molecular weight excluding hydrogens is 605 g/mol. The van der Waals surface area contributed by atoms with Crippen LogP contribution in [-0.4, -0.2) is 29.9 Å². The maximum Gasteiger partial charge on any atom is 0.160 e. The summed E-state index contributed by atoms with van der Waals surface area (Å²) in [6, 6.07) is 48.0. The van der Waals surface area contributed by atoms with Gasteiger partial charge in [-0.2, -0.15) is 0 Å². The number of benzene rings is 4. The van der Waals surface area contributed by atoms with E-state index >= 15 is 0 Å².